The van der Waals surface area contributed by atoms with Gasteiger partial charge in [-0.1, -0.05) is 81.0 Å². The molecule has 1 aromatic heterocycles. The number of amides is 2. The third kappa shape index (κ3) is 9.02. The first kappa shape index (κ1) is 36.6. The van der Waals surface area contributed by atoms with E-state index in [0.717, 1.165) is 31.5 Å². The zero-order valence-electron chi connectivity index (χ0n) is 27.9. The molecule has 0 unspecified atom stereocenters. The quantitative estimate of drug-likeness (QED) is 0.0718. The number of urea groups is 1. The Kier molecular flexibility index (Phi) is 13.5. The first-order chi connectivity index (χ1) is 24.4. The number of nitrogens with one attached hydrogen (secondary N) is 2. The van der Waals surface area contributed by atoms with E-state index in [0.29, 0.717) is 35.6 Å². The minimum Gasteiger partial charge on any atom is -0.370 e. The van der Waals surface area contributed by atoms with Crippen LogP contribution in [-0.4, -0.2) is 35.9 Å². The number of rotatable bonds is 15. The van der Waals surface area contributed by atoms with E-state index in [1.807, 2.05) is 30.3 Å². The van der Waals surface area contributed by atoms with Gasteiger partial charge < -0.3 is 15.5 Å². The molecule has 13 heteroatoms. The number of carbonyl (C=O) groups is 1. The highest BCUT2D eigenvalue weighted by atomic mass is 35.5. The predicted octanol–water partition coefficient (Wildman–Crippen LogP) is 9.73. The second-order valence-corrected chi connectivity index (χ2v) is 11.7. The molecule has 4 rings (SSSR count). The molecule has 1 heterocycles. The number of azo groups is 1. The number of nitrogens with zero attached hydrogens (tertiary/aromatic N) is 9. The van der Waals surface area contributed by atoms with Gasteiger partial charge in [0.05, 0.1) is 47.1 Å². The first-order valence-electron chi connectivity index (χ1n) is 16.2. The number of anilines is 2. The summed E-state index contributed by atoms with van der Waals surface area (Å²) in [6.07, 6.45) is 7.14. The summed E-state index contributed by atoms with van der Waals surface area (Å²) >= 11 is 6.61. The fraction of sp³-hybridized carbons (Fsp3) is 0.297. The third-order valence-corrected chi connectivity index (χ3v) is 8.21. The summed E-state index contributed by atoms with van der Waals surface area (Å²) in [5.41, 5.74) is 2.89. The Morgan fingerprint density at radius 3 is 2.44 bits per heavy atom. The van der Waals surface area contributed by atoms with Crippen molar-refractivity contribution < 1.29 is 4.79 Å². The zero-order valence-corrected chi connectivity index (χ0v) is 28.7. The molecule has 2 N–H and O–H groups in total. The highest BCUT2D eigenvalue weighted by molar-refractivity contribution is 6.32. The van der Waals surface area contributed by atoms with Crippen molar-refractivity contribution in [3.8, 4) is 35.2 Å². The van der Waals surface area contributed by atoms with Crippen molar-refractivity contribution in [3.63, 3.8) is 0 Å². The Morgan fingerprint density at radius 1 is 1.00 bits per heavy atom. The van der Waals surface area contributed by atoms with Gasteiger partial charge in [0, 0.05) is 31.4 Å². The topological polar surface area (TPSA) is 163 Å². The van der Waals surface area contributed by atoms with Crippen LogP contribution >= 0.6 is 11.6 Å². The lowest BCUT2D eigenvalue weighted by Gasteiger charge is -2.25. The molecular weight excluding hydrogens is 650 g/mol. The number of carbonyl (C=O) groups excluding carboxylic acids is 1. The lowest BCUT2D eigenvalue weighted by molar-refractivity contribution is 0.254. The molecule has 0 spiro atoms. The van der Waals surface area contributed by atoms with E-state index in [4.69, 9.17) is 18.2 Å². The molecule has 0 saturated heterocycles. The van der Waals surface area contributed by atoms with Crippen molar-refractivity contribution in [2.24, 2.45) is 10.2 Å². The van der Waals surface area contributed by atoms with Crippen molar-refractivity contribution >= 4 is 46.2 Å². The lowest BCUT2D eigenvalue weighted by Crippen LogP contribution is -2.27. The molecule has 50 heavy (non-hydrogen) atoms. The zero-order chi connectivity index (χ0) is 35.9. The van der Waals surface area contributed by atoms with Gasteiger partial charge in [-0.15, -0.1) is 10.2 Å². The van der Waals surface area contributed by atoms with Gasteiger partial charge in [-0.3, -0.25) is 0 Å². The average molecular weight is 686 g/mol. The minimum atomic E-state index is -0.470. The molecule has 0 aliphatic heterocycles. The molecule has 252 valence electrons. The number of aromatic nitrogens is 2. The van der Waals surface area contributed by atoms with Crippen LogP contribution in [0.1, 0.15) is 63.0 Å². The Hall–Kier alpha value is -6.21. The van der Waals surface area contributed by atoms with Crippen LogP contribution in [0, 0.1) is 40.6 Å². The molecule has 0 radical (unpaired) electrons. The van der Waals surface area contributed by atoms with Crippen LogP contribution in [0.2, 0.25) is 5.02 Å². The number of hydrogen-bond acceptors (Lipinski definition) is 8. The van der Waals surface area contributed by atoms with Crippen molar-refractivity contribution in [1.82, 2.24) is 15.1 Å². The van der Waals surface area contributed by atoms with Gasteiger partial charge in [0.1, 0.15) is 23.0 Å². The smallest absolute Gasteiger partial charge is 0.319 e. The second kappa shape index (κ2) is 18.4. The van der Waals surface area contributed by atoms with Gasteiger partial charge in [0.25, 0.3) is 0 Å². The Bertz CT molecular complexity index is 2010. The van der Waals surface area contributed by atoms with E-state index >= 15 is 0 Å². The average Bonchev–Trinajstić information content (AvgIpc) is 3.51. The highest BCUT2D eigenvalue weighted by Crippen LogP contribution is 2.39. The Morgan fingerprint density at radius 2 is 1.76 bits per heavy atom. The summed E-state index contributed by atoms with van der Waals surface area (Å²) in [4.78, 5) is 18.0. The van der Waals surface area contributed by atoms with Crippen molar-refractivity contribution in [2.75, 3.05) is 30.4 Å². The van der Waals surface area contributed by atoms with E-state index in [1.54, 1.807) is 24.3 Å². The normalized spacial score (nSPS) is 10.5. The summed E-state index contributed by atoms with van der Waals surface area (Å²) in [6, 6.07) is 23.2. The summed E-state index contributed by atoms with van der Waals surface area (Å²) < 4.78 is 1.33. The first-order valence-corrected chi connectivity index (χ1v) is 16.6. The standard InChI is InChI=1S/C37H36ClN11O/c1-4-5-6-7-8-12-19-48(20-13-18-39)28-16-17-31(33(22-28)44-37(50)43-3)45-46-36-29(25-41)35(26-14-10-9-11-15-26)47-49(36)34-21-27(24-40)32(42-2)23-30(34)38/h9-11,14-17,21-23H,4-8,12-13,19-20H2,1,3H3,(H2,43,44,50). The summed E-state index contributed by atoms with van der Waals surface area (Å²) in [6.45, 7) is 10.9. The molecule has 4 aromatic rings. The molecule has 0 bridgehead atoms. The molecular formula is C37H36ClN11O. The van der Waals surface area contributed by atoms with E-state index in [2.05, 4.69) is 54.8 Å². The molecule has 0 aliphatic carbocycles. The number of nitriles is 3. The van der Waals surface area contributed by atoms with E-state index < -0.39 is 6.03 Å². The van der Waals surface area contributed by atoms with Crippen LogP contribution in [0.25, 0.3) is 21.8 Å². The number of halogens is 1. The van der Waals surface area contributed by atoms with Gasteiger partial charge in [-0.25, -0.2) is 14.3 Å². The van der Waals surface area contributed by atoms with Crippen LogP contribution in [0.4, 0.5) is 33.4 Å². The molecule has 0 saturated carbocycles. The predicted molar refractivity (Wildman–Crippen MR) is 194 cm³/mol. The maximum Gasteiger partial charge on any atom is 0.319 e. The fourth-order valence-corrected chi connectivity index (χ4v) is 5.54. The molecule has 0 atom stereocenters. The third-order valence-electron chi connectivity index (χ3n) is 7.90. The Labute approximate surface area is 297 Å². The van der Waals surface area contributed by atoms with Crippen LogP contribution in [0.15, 0.2) is 70.9 Å². The van der Waals surface area contributed by atoms with E-state index in [9.17, 15) is 20.6 Å². The molecule has 0 aliphatic rings. The Balaban J connectivity index is 1.81. The van der Waals surface area contributed by atoms with Crippen LogP contribution < -0.4 is 15.5 Å². The summed E-state index contributed by atoms with van der Waals surface area (Å²) in [5, 5.41) is 48.5. The summed E-state index contributed by atoms with van der Waals surface area (Å²) in [5.74, 6) is 0.0291. The van der Waals surface area contributed by atoms with Crippen molar-refractivity contribution in [1.29, 1.82) is 15.8 Å². The maximum atomic E-state index is 12.5. The number of benzene rings is 3. The lowest BCUT2D eigenvalue weighted by atomic mass is 10.1. The largest absolute Gasteiger partial charge is 0.370 e. The van der Waals surface area contributed by atoms with Gasteiger partial charge in [0.15, 0.2) is 5.82 Å². The van der Waals surface area contributed by atoms with Crippen molar-refractivity contribution in [3.05, 3.63) is 88.2 Å². The van der Waals surface area contributed by atoms with Crippen LogP contribution in [0.3, 0.4) is 0 Å². The maximum absolute atomic E-state index is 12.5. The number of hydrogen-bond donors (Lipinski definition) is 2. The monoisotopic (exact) mass is 685 g/mol. The summed E-state index contributed by atoms with van der Waals surface area (Å²) in [7, 11) is 1.50. The SMILES string of the molecule is [C-]#[N+]c1cc(Cl)c(-n2nc(-c3ccccc3)c(C#N)c2N=Nc2ccc(N(CCC#N)CCCCCCCC)cc2NC(=O)NC)cc1C#N. The second-order valence-electron chi connectivity index (χ2n) is 11.2. The highest BCUT2D eigenvalue weighted by Gasteiger charge is 2.23. The van der Waals surface area contributed by atoms with Gasteiger partial charge in [0.2, 0.25) is 5.69 Å². The molecule has 12 nitrogen and oxygen atoms in total. The van der Waals surface area contributed by atoms with Gasteiger partial charge in [-0.05, 0) is 36.8 Å². The van der Waals surface area contributed by atoms with Gasteiger partial charge >= 0.3 is 6.03 Å². The number of unbranched alkanes of at least 4 members (excludes halogenated alkanes) is 5. The molecule has 0 fully saturated rings. The fourth-order valence-electron chi connectivity index (χ4n) is 5.30. The van der Waals surface area contributed by atoms with Crippen LogP contribution in [-0.2, 0) is 0 Å². The van der Waals surface area contributed by atoms with Crippen LogP contribution in [0.5, 0.6) is 0 Å². The molecule has 2 amide bonds. The molecule has 3 aromatic carbocycles. The van der Waals surface area contributed by atoms with Gasteiger partial charge in [-0.2, -0.15) is 20.9 Å². The minimum absolute atomic E-state index is 0.0291. The van der Waals surface area contributed by atoms with Crippen molar-refractivity contribution in [2.45, 2.75) is 51.9 Å². The van der Waals surface area contributed by atoms with E-state index in [-0.39, 0.29) is 33.3 Å². The van der Waals surface area contributed by atoms with E-state index in [1.165, 1.54) is 43.1 Å².